The van der Waals surface area contributed by atoms with Crippen LogP contribution in [0.25, 0.3) is 0 Å². The number of rotatable bonds is 37. The molecule has 3 aromatic carbocycles. The molecule has 0 aliphatic carbocycles. The highest BCUT2D eigenvalue weighted by Crippen LogP contribution is 2.41. The normalized spacial score (nSPS) is 16.3. The van der Waals surface area contributed by atoms with Gasteiger partial charge in [0.2, 0.25) is 17.7 Å². The number of benzene rings is 3. The molecule has 566 valence electrons. The van der Waals surface area contributed by atoms with Crippen molar-refractivity contribution in [2.75, 3.05) is 85.8 Å². The molecule has 3 aliphatic rings. The van der Waals surface area contributed by atoms with Gasteiger partial charge in [0.05, 0.1) is 103 Å². The van der Waals surface area contributed by atoms with Gasteiger partial charge in [0.25, 0.3) is 0 Å². The van der Waals surface area contributed by atoms with Gasteiger partial charge >= 0.3 is 53.7 Å². The van der Waals surface area contributed by atoms with Gasteiger partial charge in [-0.15, -0.1) is 19.3 Å². The Morgan fingerprint density at radius 2 is 0.619 bits per heavy atom. The average molecular weight is 1460 g/mol. The van der Waals surface area contributed by atoms with Crippen LogP contribution < -0.4 is 30.2 Å². The molecule has 0 unspecified atom stereocenters. The zero-order chi connectivity index (χ0) is 76.9. The molecule has 0 atom stereocenters. The number of carbonyl (C=O) groups is 12. The van der Waals surface area contributed by atoms with Crippen molar-refractivity contribution in [1.82, 2.24) is 16.0 Å². The van der Waals surface area contributed by atoms with E-state index in [0.29, 0.717) is 16.7 Å². The van der Waals surface area contributed by atoms with Crippen molar-refractivity contribution in [2.45, 2.75) is 159 Å². The predicted molar refractivity (Wildman–Crippen MR) is 365 cm³/mol. The molecule has 6 rings (SSSR count). The summed E-state index contributed by atoms with van der Waals surface area (Å²) in [6, 6.07) is 19.5. The molecule has 30 nitrogen and oxygen atoms in total. The van der Waals surface area contributed by atoms with Crippen LogP contribution >= 0.6 is 0 Å². The minimum Gasteiger partial charge on any atom is -0.465 e. The summed E-state index contributed by atoms with van der Waals surface area (Å²) in [6.07, 6.45) is 11.5. The molecule has 0 saturated carbocycles. The number of nitrogens with one attached hydrogen (secondary N) is 3. The van der Waals surface area contributed by atoms with Crippen molar-refractivity contribution in [1.29, 1.82) is 0 Å². The van der Waals surface area contributed by atoms with Gasteiger partial charge in [-0.3, -0.25) is 57.5 Å². The molecular weight excluding hydrogens is 1370 g/mol. The van der Waals surface area contributed by atoms with E-state index in [9.17, 15) is 57.5 Å². The summed E-state index contributed by atoms with van der Waals surface area (Å²) in [5, 5.41) is 8.20. The molecule has 3 aromatic rings. The third-order valence-electron chi connectivity index (χ3n) is 16.5. The molecule has 0 aromatic heterocycles. The second-order valence-corrected chi connectivity index (χ2v) is 26.6. The van der Waals surface area contributed by atoms with Gasteiger partial charge in [-0.2, -0.15) is 0 Å². The first kappa shape index (κ1) is 83.7. The summed E-state index contributed by atoms with van der Waals surface area (Å²) >= 11 is 0. The lowest BCUT2D eigenvalue weighted by Crippen LogP contribution is -2.63. The lowest BCUT2D eigenvalue weighted by atomic mass is 9.71. The Kier molecular flexibility index (Phi) is 31.1. The van der Waals surface area contributed by atoms with Crippen LogP contribution in [-0.2, 0) is 120 Å². The lowest BCUT2D eigenvalue weighted by Gasteiger charge is -2.43. The number of amides is 3. The number of ether oxygens (including phenoxy) is 15. The van der Waals surface area contributed by atoms with Gasteiger partial charge in [0.1, 0.15) is 48.1 Å². The fraction of sp³-hybridized carbons (Fsp3) is 0.520. The van der Waals surface area contributed by atoms with Crippen LogP contribution in [-0.4, -0.2) is 186 Å². The van der Waals surface area contributed by atoms with Crippen LogP contribution in [0.15, 0.2) is 72.8 Å². The van der Waals surface area contributed by atoms with Crippen molar-refractivity contribution in [3.8, 4) is 54.3 Å². The second-order valence-electron chi connectivity index (χ2n) is 26.6. The maximum absolute atomic E-state index is 13.3. The first-order valence-electron chi connectivity index (χ1n) is 33.6. The maximum Gasteiger partial charge on any atom is 0.311 e. The Morgan fingerprint density at radius 1 is 0.362 bits per heavy atom. The van der Waals surface area contributed by atoms with Gasteiger partial charge in [0, 0.05) is 31.2 Å². The third kappa shape index (κ3) is 28.0. The topological polar surface area (TPSA) is 379 Å². The van der Waals surface area contributed by atoms with E-state index < -0.39 is 150 Å². The second kappa shape index (κ2) is 39.0. The largest absolute Gasteiger partial charge is 0.465 e. The minimum absolute atomic E-state index is 0.0326. The van der Waals surface area contributed by atoms with Gasteiger partial charge < -0.3 is 87.0 Å². The Balaban J connectivity index is 1.10. The van der Waals surface area contributed by atoms with E-state index in [1.807, 2.05) is 6.92 Å². The summed E-state index contributed by atoms with van der Waals surface area (Å²) in [7, 11) is 0. The van der Waals surface area contributed by atoms with Crippen molar-refractivity contribution in [3.63, 3.8) is 0 Å². The molecule has 0 radical (unpaired) electrons. The molecule has 3 N–H and O–H groups in total. The van der Waals surface area contributed by atoms with Crippen LogP contribution in [0.3, 0.4) is 0 Å². The Morgan fingerprint density at radius 3 is 0.924 bits per heavy atom. The fourth-order valence-corrected chi connectivity index (χ4v) is 10.2. The highest BCUT2D eigenvalue weighted by atomic mass is 16.7. The summed E-state index contributed by atoms with van der Waals surface area (Å²) in [5.74, 6) is -4.44. The minimum atomic E-state index is -1.33. The standard InChI is InChI=1S/C75H89N3O27/c1-11-38-91-60(82)29-26-57(79)76-41-73(43-97-69(4,5)98-44-73)42-94-63(85)32-35-66(88)103-54-20-14-51(15-21-54)72(10,52-16-22-55(23-17-52)104-67(89)36-33-64(86)95-45-74(47-99-70(6,7)100-48-74)77-58(80)27-30-61(83)92-39-12-2)53-18-24-56(25-19-53)105-68(90)37-34-65(87)96-46-75(49-101-71(8,9)102-50-75)78-59(81)28-31-62(84)93-40-13-3/h1-3,14-25H,26-50H2,4-10H3,(H,76,79)(H,77,80)(H,78,81). The molecule has 30 heteroatoms. The summed E-state index contributed by atoms with van der Waals surface area (Å²) in [6.45, 7) is 9.73. The van der Waals surface area contributed by atoms with Gasteiger partial charge in [-0.05, 0) is 102 Å². The van der Waals surface area contributed by atoms with E-state index in [0.717, 1.165) is 0 Å². The van der Waals surface area contributed by atoms with Crippen LogP contribution in [0.5, 0.6) is 17.2 Å². The fourth-order valence-electron chi connectivity index (χ4n) is 10.2. The summed E-state index contributed by atoms with van der Waals surface area (Å²) in [5.41, 5.74) is -2.85. The Hall–Kier alpha value is -10.3. The number of esters is 9. The molecule has 0 bridgehead atoms. The van der Waals surface area contributed by atoms with Gasteiger partial charge in [-0.1, -0.05) is 54.2 Å². The first-order chi connectivity index (χ1) is 49.7. The monoisotopic (exact) mass is 1460 g/mol. The van der Waals surface area contributed by atoms with Crippen molar-refractivity contribution in [2.24, 2.45) is 5.41 Å². The molecule has 3 aliphatic heterocycles. The number of terminal acetylenes is 3. The zero-order valence-corrected chi connectivity index (χ0v) is 59.9. The summed E-state index contributed by atoms with van der Waals surface area (Å²) < 4.78 is 82.8. The lowest BCUT2D eigenvalue weighted by molar-refractivity contribution is -0.289. The third-order valence-corrected chi connectivity index (χ3v) is 16.5. The Bertz CT molecular complexity index is 3520. The molecule has 105 heavy (non-hydrogen) atoms. The van der Waals surface area contributed by atoms with E-state index >= 15 is 0 Å². The van der Waals surface area contributed by atoms with Crippen molar-refractivity contribution in [3.05, 3.63) is 89.5 Å². The highest BCUT2D eigenvalue weighted by molar-refractivity contribution is 5.84. The van der Waals surface area contributed by atoms with E-state index in [4.69, 9.17) is 90.3 Å². The van der Waals surface area contributed by atoms with Crippen LogP contribution in [0, 0.1) is 42.4 Å². The summed E-state index contributed by atoms with van der Waals surface area (Å²) in [4.78, 5) is 153. The molecule has 3 heterocycles. The van der Waals surface area contributed by atoms with Crippen LogP contribution in [0.4, 0.5) is 0 Å². The first-order valence-corrected chi connectivity index (χ1v) is 33.6. The smallest absolute Gasteiger partial charge is 0.311 e. The van der Waals surface area contributed by atoms with Gasteiger partial charge in [-0.25, -0.2) is 0 Å². The zero-order valence-electron chi connectivity index (χ0n) is 59.9. The molecule has 3 fully saturated rings. The number of carbonyl (C=O) groups excluding carboxylic acids is 12. The van der Waals surface area contributed by atoms with Crippen molar-refractivity contribution < 1.29 is 129 Å². The molecule has 3 saturated heterocycles. The van der Waals surface area contributed by atoms with Crippen LogP contribution in [0.2, 0.25) is 0 Å². The average Bonchev–Trinajstić information content (AvgIpc) is 0.764. The number of hydrogen-bond acceptors (Lipinski definition) is 27. The quantitative estimate of drug-likeness (QED) is 0.0230. The molecular formula is C75H89N3O27. The Labute approximate surface area is 608 Å². The van der Waals surface area contributed by atoms with E-state index in [2.05, 4.69) is 33.7 Å². The van der Waals surface area contributed by atoms with Crippen molar-refractivity contribution >= 4 is 71.4 Å². The number of hydrogen-bond donors (Lipinski definition) is 3. The van der Waals surface area contributed by atoms with Gasteiger partial charge in [0.15, 0.2) is 37.2 Å². The predicted octanol–water partition coefficient (Wildman–Crippen LogP) is 4.76. The molecule has 3 amide bonds. The SMILES string of the molecule is C#CCOC(=O)CCC(=O)NCC1(COC(=O)CCC(=O)Oc2ccc(C(C)(c3ccc(OC(=O)CCC(=O)OCC4(NC(=O)CCC(=O)OCC#C)COC(C)(C)OC4)cc3)c3ccc(OC(=O)CCC(=O)OCC4(NC(=O)CCC(=O)OCC#C)COC(C)(C)OC4)cc3)cc2)COC(C)(C)OC1. The van der Waals surface area contributed by atoms with E-state index in [1.165, 1.54) is 24.3 Å². The van der Waals surface area contributed by atoms with Crippen LogP contribution in [0.1, 0.15) is 142 Å². The molecule has 0 spiro atoms. The van der Waals surface area contributed by atoms with E-state index in [-0.39, 0.29) is 141 Å². The maximum atomic E-state index is 13.3. The highest BCUT2D eigenvalue weighted by Gasteiger charge is 2.46. The van der Waals surface area contributed by atoms with E-state index in [1.54, 1.807) is 90.1 Å².